The topological polar surface area (TPSA) is 26.0 Å². The molecule has 0 bridgehead atoms. The molecule has 2 N–H and O–H groups in total. The van der Waals surface area contributed by atoms with Crippen LogP contribution in [0.25, 0.3) is 0 Å². The van der Waals surface area contributed by atoms with E-state index in [-0.39, 0.29) is 8.41 Å². The molecule has 1 nitrogen and oxygen atoms in total. The molecule has 1 aromatic carbocycles. The van der Waals surface area contributed by atoms with Gasteiger partial charge in [0.2, 0.25) is 0 Å². The average molecular weight is 135 g/mol. The van der Waals surface area contributed by atoms with Crippen molar-refractivity contribution in [3.63, 3.8) is 0 Å². The summed E-state index contributed by atoms with van der Waals surface area (Å²) in [5, 5.41) is 0. The maximum absolute atomic E-state index is 5.36. The largest absolute Gasteiger partial charge is 0.330 e. The van der Waals surface area contributed by atoms with Gasteiger partial charge in [-0.1, -0.05) is 30.3 Å². The molecule has 0 heterocycles. The summed E-state index contributed by atoms with van der Waals surface area (Å²) in [5.41, 5.74) is 6.68. The minimum absolute atomic E-state index is 0. The lowest BCUT2D eigenvalue weighted by atomic mass is 10.2. The third-order valence-corrected chi connectivity index (χ3v) is 1.28. The molecule has 0 spiro atoms. The fraction of sp³-hybridized carbons (Fsp3) is 0.250. The summed E-state index contributed by atoms with van der Waals surface area (Å²) in [7, 11) is 0. The van der Waals surface area contributed by atoms with Crippen molar-refractivity contribution < 1.29 is 0 Å². The molecule has 1 aromatic rings. The van der Waals surface area contributed by atoms with Crippen molar-refractivity contribution in [3.8, 4) is 0 Å². The second kappa shape index (κ2) is 5.06. The minimum Gasteiger partial charge on any atom is -0.330 e. The lowest BCUT2D eigenvalue weighted by Crippen LogP contribution is -2.01. The standard InChI is InChI=1S/C8H11N.BH3/c9-7-6-8-4-2-1-3-5-8;/h1-5H,6-7,9H2;1H3. The summed E-state index contributed by atoms with van der Waals surface area (Å²) in [4.78, 5) is 0. The Labute approximate surface area is 63.8 Å². The third kappa shape index (κ3) is 2.69. The van der Waals surface area contributed by atoms with Gasteiger partial charge in [0, 0.05) is 0 Å². The summed E-state index contributed by atoms with van der Waals surface area (Å²) in [5.74, 6) is 0. The van der Waals surface area contributed by atoms with Crippen LogP contribution in [0.15, 0.2) is 30.3 Å². The van der Waals surface area contributed by atoms with Gasteiger partial charge in [0.1, 0.15) is 0 Å². The van der Waals surface area contributed by atoms with E-state index in [0.29, 0.717) is 0 Å². The minimum atomic E-state index is 0. The highest BCUT2D eigenvalue weighted by molar-refractivity contribution is 5.75. The monoisotopic (exact) mass is 135 g/mol. The summed E-state index contributed by atoms with van der Waals surface area (Å²) in [6, 6.07) is 10.3. The predicted molar refractivity (Wildman–Crippen MR) is 49.1 cm³/mol. The molecular formula is C8H14BN. The first-order chi connectivity index (χ1) is 4.43. The molecule has 0 aliphatic heterocycles. The first-order valence-electron chi connectivity index (χ1n) is 3.17. The quantitative estimate of drug-likeness (QED) is 0.567. The SMILES string of the molecule is B.NCCc1ccccc1. The third-order valence-electron chi connectivity index (χ3n) is 1.28. The van der Waals surface area contributed by atoms with Crippen LogP contribution in [0, 0.1) is 0 Å². The molecule has 0 unspecified atom stereocenters. The maximum Gasteiger partial charge on any atom is 0.0814 e. The molecule has 0 aromatic heterocycles. The van der Waals surface area contributed by atoms with Gasteiger partial charge < -0.3 is 5.73 Å². The van der Waals surface area contributed by atoms with Crippen molar-refractivity contribution in [1.82, 2.24) is 0 Å². The Morgan fingerprint density at radius 2 is 1.70 bits per heavy atom. The van der Waals surface area contributed by atoms with Gasteiger partial charge in [-0.15, -0.1) is 0 Å². The number of hydrogen-bond acceptors (Lipinski definition) is 1. The summed E-state index contributed by atoms with van der Waals surface area (Å²) < 4.78 is 0. The highest BCUT2D eigenvalue weighted by Gasteiger charge is 1.84. The van der Waals surface area contributed by atoms with Crippen LogP contribution in [0.4, 0.5) is 0 Å². The fourth-order valence-corrected chi connectivity index (χ4v) is 0.811. The van der Waals surface area contributed by atoms with Crippen LogP contribution in [0.1, 0.15) is 5.56 Å². The van der Waals surface area contributed by atoms with Crippen LogP contribution in [0.2, 0.25) is 0 Å². The summed E-state index contributed by atoms with van der Waals surface area (Å²) >= 11 is 0. The molecule has 0 amide bonds. The highest BCUT2D eigenvalue weighted by Crippen LogP contribution is 1.96. The Morgan fingerprint density at radius 1 is 1.10 bits per heavy atom. The van der Waals surface area contributed by atoms with Gasteiger partial charge in [0.25, 0.3) is 0 Å². The van der Waals surface area contributed by atoms with Crippen molar-refractivity contribution >= 4 is 8.41 Å². The molecule has 54 valence electrons. The summed E-state index contributed by atoms with van der Waals surface area (Å²) in [6.07, 6.45) is 0.987. The van der Waals surface area contributed by atoms with E-state index in [2.05, 4.69) is 12.1 Å². The Balaban J connectivity index is 0.000000810. The van der Waals surface area contributed by atoms with Crippen LogP contribution in [0.3, 0.4) is 0 Å². The number of nitrogens with two attached hydrogens (primary N) is 1. The molecular weight excluding hydrogens is 121 g/mol. The molecule has 10 heavy (non-hydrogen) atoms. The van der Waals surface area contributed by atoms with E-state index < -0.39 is 0 Å². The van der Waals surface area contributed by atoms with Crippen LogP contribution in [0.5, 0.6) is 0 Å². The first kappa shape index (κ1) is 9.24. The van der Waals surface area contributed by atoms with E-state index in [9.17, 15) is 0 Å². The van der Waals surface area contributed by atoms with Gasteiger partial charge in [0.15, 0.2) is 0 Å². The second-order valence-electron chi connectivity index (χ2n) is 2.02. The fourth-order valence-electron chi connectivity index (χ4n) is 0.811. The van der Waals surface area contributed by atoms with Crippen LogP contribution >= 0.6 is 0 Å². The van der Waals surface area contributed by atoms with Gasteiger partial charge in [-0.05, 0) is 18.5 Å². The lowest BCUT2D eigenvalue weighted by Gasteiger charge is -1.93. The van der Waals surface area contributed by atoms with E-state index in [1.165, 1.54) is 5.56 Å². The Bertz CT molecular complexity index is 162. The highest BCUT2D eigenvalue weighted by atomic mass is 14.5. The van der Waals surface area contributed by atoms with Crippen molar-refractivity contribution in [2.24, 2.45) is 5.73 Å². The normalized spacial score (nSPS) is 8.50. The molecule has 0 saturated carbocycles. The zero-order valence-corrected chi connectivity index (χ0v) is 5.38. The Morgan fingerprint density at radius 3 is 2.20 bits per heavy atom. The van der Waals surface area contributed by atoms with Crippen molar-refractivity contribution in [3.05, 3.63) is 35.9 Å². The number of benzene rings is 1. The molecule has 0 radical (unpaired) electrons. The molecule has 0 fully saturated rings. The zero-order chi connectivity index (χ0) is 6.53. The van der Waals surface area contributed by atoms with Gasteiger partial charge in [-0.3, -0.25) is 0 Å². The first-order valence-corrected chi connectivity index (χ1v) is 3.17. The molecule has 0 atom stereocenters. The second-order valence-corrected chi connectivity index (χ2v) is 2.02. The molecule has 2 heteroatoms. The predicted octanol–water partition coefficient (Wildman–Crippen LogP) is 0.00390. The number of rotatable bonds is 2. The van der Waals surface area contributed by atoms with E-state index in [1.54, 1.807) is 0 Å². The Hall–Kier alpha value is -0.755. The number of hydrogen-bond donors (Lipinski definition) is 1. The van der Waals surface area contributed by atoms with Crippen LogP contribution < -0.4 is 5.73 Å². The van der Waals surface area contributed by atoms with E-state index in [4.69, 9.17) is 5.73 Å². The van der Waals surface area contributed by atoms with Gasteiger partial charge in [0.05, 0.1) is 8.41 Å². The van der Waals surface area contributed by atoms with Gasteiger partial charge >= 0.3 is 0 Å². The van der Waals surface area contributed by atoms with Crippen LogP contribution in [-0.2, 0) is 6.42 Å². The van der Waals surface area contributed by atoms with Gasteiger partial charge in [-0.2, -0.15) is 0 Å². The maximum atomic E-state index is 5.36. The lowest BCUT2D eigenvalue weighted by molar-refractivity contribution is 0.969. The zero-order valence-electron chi connectivity index (χ0n) is 5.38. The molecule has 1 rings (SSSR count). The van der Waals surface area contributed by atoms with Crippen molar-refractivity contribution in [1.29, 1.82) is 0 Å². The van der Waals surface area contributed by atoms with Crippen molar-refractivity contribution in [2.45, 2.75) is 6.42 Å². The molecule has 0 aliphatic rings. The smallest absolute Gasteiger partial charge is 0.0814 e. The van der Waals surface area contributed by atoms with Crippen molar-refractivity contribution in [2.75, 3.05) is 6.54 Å². The van der Waals surface area contributed by atoms with E-state index in [0.717, 1.165) is 13.0 Å². The summed E-state index contributed by atoms with van der Waals surface area (Å²) in [6.45, 7) is 0.740. The Kier molecular flexibility index (Phi) is 4.68. The van der Waals surface area contributed by atoms with Crippen LogP contribution in [-0.4, -0.2) is 15.0 Å². The van der Waals surface area contributed by atoms with Gasteiger partial charge in [-0.25, -0.2) is 0 Å². The van der Waals surface area contributed by atoms with E-state index >= 15 is 0 Å². The van der Waals surface area contributed by atoms with E-state index in [1.807, 2.05) is 18.2 Å². The molecule has 0 saturated heterocycles. The molecule has 0 aliphatic carbocycles. The average Bonchev–Trinajstić information content (AvgIpc) is 1.91.